The molecule has 0 radical (unpaired) electrons. The third-order valence-corrected chi connectivity index (χ3v) is 12.8. The van der Waals surface area contributed by atoms with E-state index in [4.69, 9.17) is 0 Å². The van der Waals surface area contributed by atoms with Crippen LogP contribution in [0.2, 0.25) is 0 Å². The Morgan fingerprint density at radius 2 is 0.877 bits per heavy atom. The molecule has 1 aliphatic heterocycles. The minimum absolute atomic E-state index is 0.0666. The van der Waals surface area contributed by atoms with E-state index in [9.17, 15) is 9.59 Å². The van der Waals surface area contributed by atoms with Crippen LogP contribution >= 0.6 is 11.8 Å². The van der Waals surface area contributed by atoms with Crippen LogP contribution in [0.1, 0.15) is 101 Å². The van der Waals surface area contributed by atoms with Gasteiger partial charge in [0, 0.05) is 38.0 Å². The molecule has 4 aromatic carbocycles. The Balaban J connectivity index is 1.51. The molecule has 3 heteroatoms. The number of ketones is 2. The van der Waals surface area contributed by atoms with Gasteiger partial charge in [0.2, 0.25) is 0 Å². The lowest BCUT2D eigenvalue weighted by Gasteiger charge is -2.33. The fourth-order valence-corrected chi connectivity index (χ4v) is 9.85. The van der Waals surface area contributed by atoms with Crippen LogP contribution in [0.4, 0.5) is 0 Å². The summed E-state index contributed by atoms with van der Waals surface area (Å²) in [6.07, 6.45) is 12.0. The molecule has 1 atom stereocenters. The molecule has 292 valence electrons. The van der Waals surface area contributed by atoms with Gasteiger partial charge in [-0.3, -0.25) is 9.59 Å². The summed E-state index contributed by atoms with van der Waals surface area (Å²) in [4.78, 5) is 29.7. The normalized spacial score (nSPS) is 18.4. The average molecular weight is 771 g/mol. The number of benzene rings is 4. The highest BCUT2D eigenvalue weighted by atomic mass is 32.2. The van der Waals surface area contributed by atoms with Crippen molar-refractivity contribution >= 4 is 56.0 Å². The van der Waals surface area contributed by atoms with Crippen molar-refractivity contribution in [1.29, 1.82) is 0 Å². The smallest absolute Gasteiger partial charge is 0.186 e. The van der Waals surface area contributed by atoms with Gasteiger partial charge >= 0.3 is 0 Å². The molecule has 0 bridgehead atoms. The summed E-state index contributed by atoms with van der Waals surface area (Å²) >= 11 is 1.92. The van der Waals surface area contributed by atoms with Crippen LogP contribution in [0.25, 0.3) is 32.7 Å². The molecule has 0 amide bonds. The lowest BCUT2D eigenvalue weighted by atomic mass is 9.71. The van der Waals surface area contributed by atoms with Crippen molar-refractivity contribution in [2.24, 2.45) is 21.7 Å². The average Bonchev–Trinajstić information content (AvgIpc) is 3.60. The first-order valence-electron chi connectivity index (χ1n) is 20.4. The minimum atomic E-state index is -0.338. The number of Topliss-reactive ketones (excluding diaryl/α,β-unsaturated/α-hetero) is 2. The fraction of sp³-hybridized carbons (Fsp3) is 0.333. The summed E-state index contributed by atoms with van der Waals surface area (Å²) in [7, 11) is 0. The first kappa shape index (κ1) is 40.5. The quantitative estimate of drug-likeness (QED) is 0.207. The summed E-state index contributed by atoms with van der Waals surface area (Å²) in [5, 5.41) is 4.84. The van der Waals surface area contributed by atoms with Gasteiger partial charge in [-0.1, -0.05) is 174 Å². The van der Waals surface area contributed by atoms with Crippen LogP contribution in [0, 0.1) is 21.7 Å². The van der Waals surface area contributed by atoms with E-state index < -0.39 is 0 Å². The van der Waals surface area contributed by atoms with Crippen molar-refractivity contribution in [2.75, 3.05) is 0 Å². The van der Waals surface area contributed by atoms with E-state index in [0.29, 0.717) is 0 Å². The highest BCUT2D eigenvalue weighted by Gasteiger charge is 2.38. The molecular formula is C54H58O2S. The molecule has 0 saturated heterocycles. The largest absolute Gasteiger partial charge is 0.289 e. The molecule has 0 fully saturated rings. The lowest BCUT2D eigenvalue weighted by Crippen LogP contribution is -2.28. The summed E-state index contributed by atoms with van der Waals surface area (Å²) in [5.41, 5.74) is 9.00. The van der Waals surface area contributed by atoms with E-state index in [1.807, 2.05) is 11.8 Å². The second-order valence-corrected chi connectivity index (χ2v) is 21.3. The summed E-state index contributed by atoms with van der Waals surface area (Å²) < 4.78 is 0. The van der Waals surface area contributed by atoms with Crippen LogP contribution in [-0.4, -0.2) is 16.8 Å². The van der Waals surface area contributed by atoms with E-state index in [-0.39, 0.29) is 38.5 Å². The van der Waals surface area contributed by atoms with Gasteiger partial charge in [0.25, 0.3) is 0 Å². The number of fused-ring (bicyclic) bond motifs is 2. The maximum absolute atomic E-state index is 14.2. The number of allylic oxidation sites excluding steroid dienone is 12. The molecule has 1 heterocycles. The van der Waals surface area contributed by atoms with E-state index in [1.165, 1.54) is 43.2 Å². The Morgan fingerprint density at radius 3 is 1.33 bits per heavy atom. The number of hydrogen-bond donors (Lipinski definition) is 0. The van der Waals surface area contributed by atoms with Gasteiger partial charge in [-0.15, -0.1) is 11.8 Å². The standard InChI is InChI=1S/C54H58O2S/c1-51(2,3)41-29-35(30-42(49(41)55)52(4,5)6)47(39-25-17-21-33-19-13-15-23-37(33)39)45-27-28-46(57-45)48(40-26-18-22-34-20-14-16-24-38(34)40)36-31-43(53(7,8)9)50(56)44(32-36)54(10,11)12/h13-27,29-32,46H,28H2,1-12H3. The molecule has 0 saturated carbocycles. The van der Waals surface area contributed by atoms with Crippen LogP contribution in [0.5, 0.6) is 0 Å². The molecule has 0 spiro atoms. The maximum atomic E-state index is 14.2. The van der Waals surface area contributed by atoms with Gasteiger partial charge in [-0.2, -0.15) is 0 Å². The highest BCUT2D eigenvalue weighted by Crippen LogP contribution is 2.52. The van der Waals surface area contributed by atoms with Crippen molar-refractivity contribution < 1.29 is 9.59 Å². The molecule has 7 rings (SSSR count). The van der Waals surface area contributed by atoms with Crippen molar-refractivity contribution in [3.63, 3.8) is 0 Å². The monoisotopic (exact) mass is 770 g/mol. The summed E-state index contributed by atoms with van der Waals surface area (Å²) in [6, 6.07) is 30.5. The predicted octanol–water partition coefficient (Wildman–Crippen LogP) is 14.6. The Morgan fingerprint density at radius 1 is 0.491 bits per heavy atom. The SMILES string of the molecule is CC(C)(C)C1=CC(=C(C2=CCC(C(=C3C=C(C(C)(C)C)C(=O)C(C(C)(C)C)=C3)c3cccc4ccccc34)S2)c2cccc3ccccc23)C=C(C(C)(C)C)C1=O. The van der Waals surface area contributed by atoms with Crippen molar-refractivity contribution in [1.82, 2.24) is 0 Å². The van der Waals surface area contributed by atoms with E-state index in [0.717, 1.165) is 45.4 Å². The third kappa shape index (κ3) is 7.81. The first-order chi connectivity index (χ1) is 26.6. The zero-order valence-corrected chi connectivity index (χ0v) is 36.8. The first-order valence-corrected chi connectivity index (χ1v) is 21.3. The maximum Gasteiger partial charge on any atom is 0.186 e. The van der Waals surface area contributed by atoms with Crippen LogP contribution in [-0.2, 0) is 9.59 Å². The van der Waals surface area contributed by atoms with Crippen LogP contribution in [0.3, 0.4) is 0 Å². The number of rotatable bonds is 4. The zero-order valence-electron chi connectivity index (χ0n) is 36.0. The van der Waals surface area contributed by atoms with E-state index in [2.05, 4.69) is 198 Å². The third-order valence-electron chi connectivity index (χ3n) is 11.5. The lowest BCUT2D eigenvalue weighted by molar-refractivity contribution is -0.114. The van der Waals surface area contributed by atoms with Gasteiger partial charge in [0.1, 0.15) is 0 Å². The molecule has 4 aromatic rings. The second kappa shape index (κ2) is 14.6. The van der Waals surface area contributed by atoms with Crippen molar-refractivity contribution in [3.05, 3.63) is 165 Å². The van der Waals surface area contributed by atoms with Crippen molar-refractivity contribution in [3.8, 4) is 0 Å². The second-order valence-electron chi connectivity index (χ2n) is 20.1. The van der Waals surface area contributed by atoms with Gasteiger partial charge in [-0.05, 0) is 102 Å². The molecule has 3 aliphatic rings. The minimum Gasteiger partial charge on any atom is -0.289 e. The van der Waals surface area contributed by atoms with Crippen LogP contribution in [0.15, 0.2) is 154 Å². The highest BCUT2D eigenvalue weighted by molar-refractivity contribution is 8.04. The molecule has 1 unspecified atom stereocenters. The number of hydrogen-bond acceptors (Lipinski definition) is 3. The molecule has 2 aliphatic carbocycles. The van der Waals surface area contributed by atoms with Crippen LogP contribution < -0.4 is 0 Å². The van der Waals surface area contributed by atoms with E-state index >= 15 is 0 Å². The molecule has 0 aromatic heterocycles. The molecule has 0 N–H and O–H groups in total. The zero-order chi connectivity index (χ0) is 41.2. The molecule has 57 heavy (non-hydrogen) atoms. The summed E-state index contributed by atoms with van der Waals surface area (Å²) in [5.74, 6) is 0.284. The van der Waals surface area contributed by atoms with Gasteiger partial charge < -0.3 is 0 Å². The molecule has 2 nitrogen and oxygen atoms in total. The Kier molecular flexibility index (Phi) is 10.4. The van der Waals surface area contributed by atoms with Gasteiger partial charge in [0.15, 0.2) is 11.6 Å². The number of carbonyl (C=O) groups is 2. The van der Waals surface area contributed by atoms with E-state index in [1.54, 1.807) is 0 Å². The van der Waals surface area contributed by atoms with Gasteiger partial charge in [0.05, 0.1) is 0 Å². The van der Waals surface area contributed by atoms with Gasteiger partial charge in [-0.25, -0.2) is 0 Å². The Hall–Kier alpha value is -4.73. The predicted molar refractivity (Wildman–Crippen MR) is 246 cm³/mol. The molecular weight excluding hydrogens is 713 g/mol. The Labute approximate surface area is 345 Å². The number of carbonyl (C=O) groups excluding carboxylic acids is 2. The topological polar surface area (TPSA) is 34.1 Å². The number of thioether (sulfide) groups is 1. The summed E-state index contributed by atoms with van der Waals surface area (Å²) in [6.45, 7) is 25.8. The van der Waals surface area contributed by atoms with Crippen molar-refractivity contribution in [2.45, 2.75) is 94.8 Å². The fourth-order valence-electron chi connectivity index (χ4n) is 8.44. The Bertz CT molecular complexity index is 2480.